The molecule has 0 radical (unpaired) electrons. The van der Waals surface area contributed by atoms with Gasteiger partial charge in [-0.1, -0.05) is 36.4 Å². The average Bonchev–Trinajstić information content (AvgIpc) is 3.54. The molecule has 1 atom stereocenters. The molecule has 2 saturated heterocycles. The maximum Gasteiger partial charge on any atom is 0.416 e. The number of ether oxygens (including phenoxy) is 1. The zero-order chi connectivity index (χ0) is 29.3. The second-order valence-electron chi connectivity index (χ2n) is 11.0. The number of halogens is 3. The first-order chi connectivity index (χ1) is 20.3. The van der Waals surface area contributed by atoms with Crippen LogP contribution in [0.1, 0.15) is 83.7 Å². The molecule has 3 aromatic rings. The average molecular weight is 577 g/mol. The summed E-state index contributed by atoms with van der Waals surface area (Å²) in [6.07, 6.45) is 3.41. The Morgan fingerprint density at radius 3 is 2.38 bits per heavy atom. The summed E-state index contributed by atoms with van der Waals surface area (Å²) in [5, 5.41) is 13.9. The maximum absolute atomic E-state index is 13.9. The number of nitriles is 1. The van der Waals surface area contributed by atoms with E-state index in [1.165, 1.54) is 12.1 Å². The molecule has 2 aromatic carbocycles. The number of hydrogen-bond donors (Lipinski definition) is 0. The first-order valence-corrected chi connectivity index (χ1v) is 14.3. The molecule has 3 heterocycles. The number of aromatic nitrogens is 2. The molecule has 8 nitrogen and oxygen atoms in total. The molecule has 42 heavy (non-hydrogen) atoms. The van der Waals surface area contributed by atoms with Crippen LogP contribution in [0, 0.1) is 11.5 Å². The number of piperidine rings is 1. The van der Waals surface area contributed by atoms with Crippen LogP contribution in [-0.2, 0) is 6.18 Å². The van der Waals surface area contributed by atoms with E-state index in [9.17, 15) is 23.2 Å². The van der Waals surface area contributed by atoms with Crippen molar-refractivity contribution in [2.75, 3.05) is 19.6 Å². The Balaban J connectivity index is 1.20. The van der Waals surface area contributed by atoms with Crippen molar-refractivity contribution < 1.29 is 22.7 Å². The Bertz CT molecular complexity index is 1500. The number of amidine groups is 1. The van der Waals surface area contributed by atoms with Crippen molar-refractivity contribution in [3.05, 3.63) is 83.2 Å². The topological polar surface area (TPSA) is 86.7 Å². The molecule has 3 fully saturated rings. The quantitative estimate of drug-likeness (QED) is 0.202. The number of nitrogens with zero attached hydrogens (tertiary/aromatic N) is 6. The monoisotopic (exact) mass is 576 g/mol. The third kappa shape index (κ3) is 5.58. The number of amides is 1. The van der Waals surface area contributed by atoms with E-state index in [1.54, 1.807) is 29.3 Å². The molecule has 1 aliphatic carbocycles. The van der Waals surface area contributed by atoms with Crippen LogP contribution in [0.5, 0.6) is 5.75 Å². The number of alkyl halides is 3. The van der Waals surface area contributed by atoms with Crippen molar-refractivity contribution >= 4 is 11.9 Å². The van der Waals surface area contributed by atoms with Crippen LogP contribution in [0.4, 0.5) is 13.2 Å². The highest BCUT2D eigenvalue weighted by molar-refractivity contribution is 5.96. The molecule has 11 heteroatoms. The van der Waals surface area contributed by atoms with E-state index < -0.39 is 17.8 Å². The first-order valence-electron chi connectivity index (χ1n) is 14.3. The van der Waals surface area contributed by atoms with Gasteiger partial charge in [-0.2, -0.15) is 23.5 Å². The second kappa shape index (κ2) is 11.5. The molecule has 0 spiro atoms. The van der Waals surface area contributed by atoms with Crippen LogP contribution in [0.25, 0.3) is 0 Å². The van der Waals surface area contributed by atoms with E-state index in [-0.39, 0.29) is 29.5 Å². The minimum Gasteiger partial charge on any atom is -0.425 e. The van der Waals surface area contributed by atoms with Gasteiger partial charge in [0.05, 0.1) is 35.1 Å². The van der Waals surface area contributed by atoms with E-state index >= 15 is 0 Å². The number of aliphatic imine (C=N–C) groups is 1. The number of carbonyl (C=O) groups excluding carboxylic acids is 1. The lowest BCUT2D eigenvalue weighted by Crippen LogP contribution is -2.42. The highest BCUT2D eigenvalue weighted by Crippen LogP contribution is 2.45. The summed E-state index contributed by atoms with van der Waals surface area (Å²) in [4.78, 5) is 21.4. The van der Waals surface area contributed by atoms with Crippen LogP contribution in [0.3, 0.4) is 0 Å². The zero-order valence-electron chi connectivity index (χ0n) is 23.0. The lowest BCUT2D eigenvalue weighted by Gasteiger charge is -2.33. The summed E-state index contributed by atoms with van der Waals surface area (Å²) in [5.41, 5.74) is 0.849. The number of rotatable bonds is 5. The van der Waals surface area contributed by atoms with Gasteiger partial charge in [-0.25, -0.2) is 0 Å². The summed E-state index contributed by atoms with van der Waals surface area (Å²) in [5.74, 6) is 0.558. The van der Waals surface area contributed by atoms with Gasteiger partial charge in [0, 0.05) is 25.6 Å². The molecule has 218 valence electrons. The number of carbonyl (C=O) groups is 1. The van der Waals surface area contributed by atoms with E-state index in [0.29, 0.717) is 56.6 Å². The summed E-state index contributed by atoms with van der Waals surface area (Å²) < 4.78 is 49.3. The molecule has 1 aromatic heterocycles. The highest BCUT2D eigenvalue weighted by atomic mass is 19.4. The SMILES string of the molecule is N#CN=C(Oc1ccccc1)N1CCC(n2ncc(C(=O)N3CCCC3c3ccccc3C(F)(F)F)c2C2CC2)CC1. The van der Waals surface area contributed by atoms with Gasteiger partial charge in [-0.3, -0.25) is 9.48 Å². The fourth-order valence-electron chi connectivity index (χ4n) is 6.22. The fourth-order valence-corrected chi connectivity index (χ4v) is 6.22. The van der Waals surface area contributed by atoms with Gasteiger partial charge < -0.3 is 14.5 Å². The van der Waals surface area contributed by atoms with Crippen molar-refractivity contribution in [3.63, 3.8) is 0 Å². The van der Waals surface area contributed by atoms with Crippen LogP contribution < -0.4 is 4.74 Å². The summed E-state index contributed by atoms with van der Waals surface area (Å²) in [6.45, 7) is 1.59. The Hall–Kier alpha value is -4.33. The van der Waals surface area contributed by atoms with E-state index in [4.69, 9.17) is 4.74 Å². The third-order valence-corrected chi connectivity index (χ3v) is 8.35. The minimum atomic E-state index is -4.49. The largest absolute Gasteiger partial charge is 0.425 e. The molecule has 1 amide bonds. The summed E-state index contributed by atoms with van der Waals surface area (Å²) in [6, 6.07) is 14.4. The molecule has 0 bridgehead atoms. The lowest BCUT2D eigenvalue weighted by molar-refractivity contribution is -0.138. The molecule has 2 aliphatic heterocycles. The normalized spacial score (nSPS) is 20.0. The van der Waals surface area contributed by atoms with Crippen molar-refractivity contribution in [3.8, 4) is 11.9 Å². The van der Waals surface area contributed by atoms with Gasteiger partial charge in [0.1, 0.15) is 5.75 Å². The number of para-hydroxylation sites is 1. The molecule has 0 N–H and O–H groups in total. The predicted molar refractivity (Wildman–Crippen MR) is 149 cm³/mol. The van der Waals surface area contributed by atoms with E-state index in [2.05, 4.69) is 10.1 Å². The van der Waals surface area contributed by atoms with E-state index in [1.807, 2.05) is 34.0 Å². The predicted octanol–water partition coefficient (Wildman–Crippen LogP) is 6.31. The van der Waals surface area contributed by atoms with Crippen molar-refractivity contribution in [2.24, 2.45) is 4.99 Å². The Labute approximate surface area is 242 Å². The smallest absolute Gasteiger partial charge is 0.416 e. The van der Waals surface area contributed by atoms with Crippen LogP contribution in [0.2, 0.25) is 0 Å². The maximum atomic E-state index is 13.9. The number of benzene rings is 2. The van der Waals surface area contributed by atoms with Crippen LogP contribution >= 0.6 is 0 Å². The summed E-state index contributed by atoms with van der Waals surface area (Å²) >= 11 is 0. The molecular formula is C31H31F3N6O2. The zero-order valence-corrected chi connectivity index (χ0v) is 23.0. The standard InChI is InChI=1S/C31H31F3N6O2/c32-31(33,34)26-10-5-4-9-24(26)27-11-6-16-39(27)29(41)25-19-37-40(28(25)21-12-13-21)22-14-17-38(18-15-22)30(36-20-35)42-23-7-2-1-3-8-23/h1-5,7-10,19,21-22,27H,6,11-18H2. The fraction of sp³-hybridized carbons (Fsp3) is 0.419. The number of likely N-dealkylation sites (tertiary alicyclic amines) is 2. The van der Waals surface area contributed by atoms with Gasteiger partial charge in [-0.05, 0) is 62.3 Å². The third-order valence-electron chi connectivity index (χ3n) is 8.35. The molecular weight excluding hydrogens is 545 g/mol. The van der Waals surface area contributed by atoms with Crippen molar-refractivity contribution in [1.82, 2.24) is 19.6 Å². The van der Waals surface area contributed by atoms with Crippen LogP contribution in [0.15, 0.2) is 65.8 Å². The van der Waals surface area contributed by atoms with Crippen molar-refractivity contribution in [2.45, 2.75) is 62.7 Å². The highest BCUT2D eigenvalue weighted by Gasteiger charge is 2.42. The molecule has 1 unspecified atom stereocenters. The van der Waals surface area contributed by atoms with Crippen LogP contribution in [-0.4, -0.2) is 51.1 Å². The number of hydrogen-bond acceptors (Lipinski definition) is 5. The molecule has 3 aliphatic rings. The first kappa shape index (κ1) is 27.8. The summed E-state index contributed by atoms with van der Waals surface area (Å²) in [7, 11) is 0. The Kier molecular flexibility index (Phi) is 7.62. The van der Waals surface area contributed by atoms with Gasteiger partial charge in [-0.15, -0.1) is 4.99 Å². The lowest BCUT2D eigenvalue weighted by atomic mass is 9.97. The minimum absolute atomic E-state index is 0.0405. The molecule has 6 rings (SSSR count). The van der Waals surface area contributed by atoms with Gasteiger partial charge >= 0.3 is 12.2 Å². The Morgan fingerprint density at radius 1 is 0.976 bits per heavy atom. The Morgan fingerprint density at radius 2 is 1.69 bits per heavy atom. The van der Waals surface area contributed by atoms with Crippen molar-refractivity contribution in [1.29, 1.82) is 5.26 Å². The molecule has 1 saturated carbocycles. The van der Waals surface area contributed by atoms with E-state index in [0.717, 1.165) is 24.6 Å². The van der Waals surface area contributed by atoms with Gasteiger partial charge in [0.15, 0.2) is 0 Å². The van der Waals surface area contributed by atoms with Gasteiger partial charge in [0.25, 0.3) is 5.91 Å². The van der Waals surface area contributed by atoms with Gasteiger partial charge in [0.2, 0.25) is 6.19 Å². The second-order valence-corrected chi connectivity index (χ2v) is 11.0.